The molecule has 58 heavy (non-hydrogen) atoms. The molecule has 8 rings (SSSR count). The molecule has 1 unspecified atom stereocenters. The number of aliphatic hydroxyl groups is 1. The average molecular weight is 830 g/mol. The number of para-hydroxylation sites is 1. The zero-order chi connectivity index (χ0) is 41.0. The number of aromatic nitrogens is 4. The Hall–Kier alpha value is -4.69. The number of aryl methyl sites for hydroxylation is 1. The smallest absolute Gasteiger partial charge is 0.329 e. The van der Waals surface area contributed by atoms with E-state index in [0.29, 0.717) is 50.8 Å². The summed E-state index contributed by atoms with van der Waals surface area (Å²) in [5, 5.41) is 23.0. The summed E-state index contributed by atoms with van der Waals surface area (Å²) in [5.41, 5.74) is 3.20. The minimum atomic E-state index is -1.23. The summed E-state index contributed by atoms with van der Waals surface area (Å²) < 4.78 is 5.25. The van der Waals surface area contributed by atoms with E-state index >= 15 is 0 Å². The van der Waals surface area contributed by atoms with Gasteiger partial charge < -0.3 is 20.2 Å². The summed E-state index contributed by atoms with van der Waals surface area (Å²) in [4.78, 5) is 56.1. The molecule has 3 aromatic carbocycles. The Balaban J connectivity index is 0.885. The second-order valence-electron chi connectivity index (χ2n) is 16.9. The first-order valence-electron chi connectivity index (χ1n) is 20.2. The second kappa shape index (κ2) is 15.8. The Kier molecular flexibility index (Phi) is 10.9. The number of nitrogens with zero attached hydrogens (tertiary/aromatic N) is 6. The van der Waals surface area contributed by atoms with Crippen LogP contribution in [0.4, 0.5) is 11.4 Å². The molecule has 3 amide bonds. The molecular weight excluding hydrogens is 779 g/mol. The molecule has 1 saturated carbocycles. The molecule has 0 spiro atoms. The molecule has 2 aliphatic heterocycles. The summed E-state index contributed by atoms with van der Waals surface area (Å²) in [5.74, 6) is -0.515. The first kappa shape index (κ1) is 40.1. The number of piperidine rings is 2. The van der Waals surface area contributed by atoms with E-state index in [1.54, 1.807) is 48.2 Å². The predicted octanol–water partition coefficient (Wildman–Crippen LogP) is 6.79. The third kappa shape index (κ3) is 7.89. The minimum absolute atomic E-state index is 0.211. The molecule has 5 aromatic rings. The SMILES string of the molecule is CN(C[C@H]1CC[C@H](n2cc3cc(NC(=O)c4cc(Cl)cc(Cl)c4)c(C(C)(C)O)cc3n2)CC1)C1CCN(c2cccc3c2n(C)c(=O)n3C2CCC(=O)NC2=O)CC1. The summed E-state index contributed by atoms with van der Waals surface area (Å²) in [6.45, 7) is 6.14. The van der Waals surface area contributed by atoms with Gasteiger partial charge >= 0.3 is 5.69 Å². The third-order valence-corrected chi connectivity index (χ3v) is 12.9. The lowest BCUT2D eigenvalue weighted by molar-refractivity contribution is -0.135. The lowest BCUT2D eigenvalue weighted by Crippen LogP contribution is -2.45. The molecule has 0 radical (unpaired) electrons. The topological polar surface area (TPSA) is 147 Å². The maximum Gasteiger partial charge on any atom is 0.329 e. The standard InChI is InChI=1S/C43H50Cl2N8O5/c1-43(2,58)32-22-33-27(20-34(32)46-40(55)26-18-28(44)21-29(45)19-26)24-52(48-33)31-10-8-25(9-11-31)23-49(3)30-14-16-51(17-15-30)35-6-5-7-36-39(35)50(4)42(57)53(36)37-12-13-38(54)47-41(37)56/h5-7,18-22,24-25,30-31,37,58H,8-17,23H2,1-4H3,(H,46,55)(H,47,54,56)/t25-,31-,37?. The van der Waals surface area contributed by atoms with E-state index in [-0.39, 0.29) is 30.0 Å². The first-order chi connectivity index (χ1) is 27.6. The van der Waals surface area contributed by atoms with Crippen LogP contribution < -0.4 is 21.2 Å². The van der Waals surface area contributed by atoms with Gasteiger partial charge in [0.25, 0.3) is 5.91 Å². The number of anilines is 2. The zero-order valence-corrected chi connectivity index (χ0v) is 34.8. The number of imidazole rings is 1. The monoisotopic (exact) mass is 828 g/mol. The summed E-state index contributed by atoms with van der Waals surface area (Å²) in [7, 11) is 4.00. The van der Waals surface area contributed by atoms with E-state index in [4.69, 9.17) is 28.3 Å². The molecule has 2 aromatic heterocycles. The molecule has 2 saturated heterocycles. The number of carbonyl (C=O) groups is 3. The Bertz CT molecular complexity index is 2450. The van der Waals surface area contributed by atoms with Gasteiger partial charge in [0.05, 0.1) is 33.9 Å². The number of carbonyl (C=O) groups excluding carboxylic acids is 3. The lowest BCUT2D eigenvalue weighted by atomic mass is 9.85. The number of amides is 3. The fraction of sp³-hybridized carbons (Fsp3) is 0.465. The van der Waals surface area contributed by atoms with E-state index in [9.17, 15) is 24.3 Å². The normalized spacial score (nSPS) is 21.0. The fourth-order valence-electron chi connectivity index (χ4n) is 9.37. The number of nitrogens with one attached hydrogen (secondary N) is 2. The van der Waals surface area contributed by atoms with Crippen LogP contribution in [0.15, 0.2) is 59.5 Å². The van der Waals surface area contributed by atoms with E-state index < -0.39 is 17.6 Å². The molecule has 1 atom stereocenters. The molecule has 3 N–H and O–H groups in total. The highest BCUT2D eigenvalue weighted by atomic mass is 35.5. The molecule has 13 nitrogen and oxygen atoms in total. The maximum absolute atomic E-state index is 13.5. The summed E-state index contributed by atoms with van der Waals surface area (Å²) in [6.07, 6.45) is 8.81. The van der Waals surface area contributed by atoms with Crippen molar-refractivity contribution >= 4 is 74.2 Å². The van der Waals surface area contributed by atoms with Crippen LogP contribution in [0, 0.1) is 5.92 Å². The van der Waals surface area contributed by atoms with Crippen molar-refractivity contribution in [2.75, 3.05) is 36.9 Å². The van der Waals surface area contributed by atoms with Gasteiger partial charge in [-0.1, -0.05) is 29.3 Å². The third-order valence-electron chi connectivity index (χ3n) is 12.5. The van der Waals surface area contributed by atoms with Crippen LogP contribution in [0.5, 0.6) is 0 Å². The molecular formula is C43H50Cl2N8O5. The van der Waals surface area contributed by atoms with Crippen molar-refractivity contribution in [3.63, 3.8) is 0 Å². The van der Waals surface area contributed by atoms with Gasteiger partial charge in [-0.3, -0.25) is 33.5 Å². The number of halogens is 2. The first-order valence-corrected chi connectivity index (χ1v) is 20.9. The van der Waals surface area contributed by atoms with Crippen LogP contribution >= 0.6 is 23.2 Å². The van der Waals surface area contributed by atoms with Crippen molar-refractivity contribution in [3.05, 3.63) is 86.4 Å². The molecule has 3 aliphatic rings. The lowest BCUT2D eigenvalue weighted by Gasteiger charge is -2.40. The van der Waals surface area contributed by atoms with Crippen molar-refractivity contribution in [1.29, 1.82) is 0 Å². The van der Waals surface area contributed by atoms with Crippen molar-refractivity contribution in [3.8, 4) is 0 Å². The largest absolute Gasteiger partial charge is 0.386 e. The van der Waals surface area contributed by atoms with Gasteiger partial charge in [-0.15, -0.1) is 0 Å². The van der Waals surface area contributed by atoms with Gasteiger partial charge in [0.1, 0.15) is 6.04 Å². The van der Waals surface area contributed by atoms with Gasteiger partial charge in [0.2, 0.25) is 11.8 Å². The molecule has 4 heterocycles. The Morgan fingerprint density at radius 3 is 2.36 bits per heavy atom. The van der Waals surface area contributed by atoms with Crippen molar-refractivity contribution in [2.24, 2.45) is 13.0 Å². The number of rotatable bonds is 9. The number of hydrogen-bond acceptors (Lipinski definition) is 8. The molecule has 1 aliphatic carbocycles. The number of imide groups is 1. The van der Waals surface area contributed by atoms with Crippen LogP contribution in [-0.2, 0) is 22.2 Å². The quantitative estimate of drug-likeness (QED) is 0.138. The highest BCUT2D eigenvalue weighted by Gasteiger charge is 2.33. The van der Waals surface area contributed by atoms with Crippen LogP contribution in [0.1, 0.15) is 93.2 Å². The number of benzene rings is 3. The second-order valence-corrected chi connectivity index (χ2v) is 17.8. The van der Waals surface area contributed by atoms with E-state index in [1.807, 2.05) is 30.5 Å². The van der Waals surface area contributed by atoms with E-state index in [1.165, 1.54) is 0 Å². The highest BCUT2D eigenvalue weighted by Crippen LogP contribution is 2.37. The van der Waals surface area contributed by atoms with Gasteiger partial charge in [0.15, 0.2) is 0 Å². The van der Waals surface area contributed by atoms with Crippen molar-refractivity contribution in [1.82, 2.24) is 29.1 Å². The van der Waals surface area contributed by atoms with E-state index in [2.05, 4.69) is 38.2 Å². The minimum Gasteiger partial charge on any atom is -0.386 e. The van der Waals surface area contributed by atoms with Gasteiger partial charge in [-0.05, 0) is 114 Å². The summed E-state index contributed by atoms with van der Waals surface area (Å²) >= 11 is 12.3. The van der Waals surface area contributed by atoms with Crippen LogP contribution in [0.3, 0.4) is 0 Å². The molecule has 15 heteroatoms. The zero-order valence-electron chi connectivity index (χ0n) is 33.3. The van der Waals surface area contributed by atoms with Gasteiger partial charge in [0, 0.05) is 77.6 Å². The number of fused-ring (bicyclic) bond motifs is 2. The van der Waals surface area contributed by atoms with Gasteiger partial charge in [-0.25, -0.2) is 4.79 Å². The number of hydrogen-bond donors (Lipinski definition) is 3. The average Bonchev–Trinajstić information content (AvgIpc) is 3.71. The predicted molar refractivity (Wildman–Crippen MR) is 227 cm³/mol. The van der Waals surface area contributed by atoms with Crippen LogP contribution in [0.25, 0.3) is 21.9 Å². The molecule has 306 valence electrons. The van der Waals surface area contributed by atoms with E-state index in [0.717, 1.165) is 80.3 Å². The Morgan fingerprint density at radius 1 is 0.983 bits per heavy atom. The van der Waals surface area contributed by atoms with Crippen molar-refractivity contribution in [2.45, 2.75) is 88.9 Å². The van der Waals surface area contributed by atoms with Gasteiger partial charge in [-0.2, -0.15) is 5.10 Å². The van der Waals surface area contributed by atoms with Crippen LogP contribution in [0.2, 0.25) is 10.0 Å². The molecule has 0 bridgehead atoms. The van der Waals surface area contributed by atoms with Crippen LogP contribution in [-0.4, -0.2) is 79.4 Å². The Labute approximate surface area is 346 Å². The summed E-state index contributed by atoms with van der Waals surface area (Å²) in [6, 6.07) is 14.3. The Morgan fingerprint density at radius 2 is 1.69 bits per heavy atom. The maximum atomic E-state index is 13.5. The fourth-order valence-corrected chi connectivity index (χ4v) is 9.89. The van der Waals surface area contributed by atoms with Crippen molar-refractivity contribution < 1.29 is 19.5 Å². The highest BCUT2D eigenvalue weighted by molar-refractivity contribution is 6.35. The molecule has 3 fully saturated rings.